The summed E-state index contributed by atoms with van der Waals surface area (Å²) in [5, 5.41) is 0. The first-order valence-electron chi connectivity index (χ1n) is 2.87. The van der Waals surface area contributed by atoms with Gasteiger partial charge >= 0.3 is 7.54 Å². The Morgan fingerprint density at radius 2 is 1.25 bits per heavy atom. The van der Waals surface area contributed by atoms with Crippen molar-refractivity contribution in [3.63, 3.8) is 0 Å². The highest BCUT2D eigenvalue weighted by Crippen LogP contribution is 2.11. The molecule has 0 aromatic heterocycles. The fourth-order valence-electron chi connectivity index (χ4n) is 0. The van der Waals surface area contributed by atoms with E-state index in [2.05, 4.69) is 0 Å². The van der Waals surface area contributed by atoms with Crippen molar-refractivity contribution in [1.29, 1.82) is 0 Å². The fourth-order valence-corrected chi connectivity index (χ4v) is 0. The summed E-state index contributed by atoms with van der Waals surface area (Å²) >= 11 is 0. The number of hydrogen-bond acceptors (Lipinski definition) is 2. The summed E-state index contributed by atoms with van der Waals surface area (Å²) in [7, 11) is -7.51. The van der Waals surface area contributed by atoms with Crippen molar-refractivity contribution in [2.75, 3.05) is 0 Å². The van der Waals surface area contributed by atoms with Crippen molar-refractivity contribution >= 4 is 17.7 Å². The van der Waals surface area contributed by atoms with E-state index in [0.29, 0.717) is 0 Å². The van der Waals surface area contributed by atoms with Gasteiger partial charge in [0.05, 0.1) is 4.75 Å². The third kappa shape index (κ3) is 9.76. The standard InChI is InChI=1S/C4H10O3S.BF3/c1-4(2,3)8(5,6)7;2-1(3)4/h1-3H3,(H,5,6,7);. The van der Waals surface area contributed by atoms with Gasteiger partial charge in [0, 0.05) is 0 Å². The van der Waals surface area contributed by atoms with E-state index >= 15 is 0 Å². The number of rotatable bonds is 0. The quantitative estimate of drug-likeness (QED) is 0.483. The van der Waals surface area contributed by atoms with Crippen LogP contribution < -0.4 is 0 Å². The average Bonchev–Trinajstić information content (AvgIpc) is 1.55. The first-order valence-corrected chi connectivity index (χ1v) is 4.31. The molecule has 0 rings (SSSR count). The summed E-state index contributed by atoms with van der Waals surface area (Å²) in [6.07, 6.45) is 0. The largest absolute Gasteiger partial charge is 0.762 e. The summed E-state index contributed by atoms with van der Waals surface area (Å²) in [5.74, 6) is 0. The van der Waals surface area contributed by atoms with Crippen molar-refractivity contribution in [2.24, 2.45) is 0 Å². The summed E-state index contributed by atoms with van der Waals surface area (Å²) < 4.78 is 56.7. The molecule has 8 heteroatoms. The molecule has 0 aliphatic carbocycles. The molecule has 0 aliphatic heterocycles. The topological polar surface area (TPSA) is 54.4 Å². The molecule has 1 N–H and O–H groups in total. The zero-order chi connectivity index (χ0) is 10.6. The monoisotopic (exact) mass is 206 g/mol. The second-order valence-corrected chi connectivity index (χ2v) is 5.01. The van der Waals surface area contributed by atoms with Gasteiger partial charge in [-0.15, -0.1) is 0 Å². The van der Waals surface area contributed by atoms with Crippen LogP contribution in [0.4, 0.5) is 12.9 Å². The highest BCUT2D eigenvalue weighted by atomic mass is 32.2. The highest BCUT2D eigenvalue weighted by Gasteiger charge is 2.25. The molecule has 0 bridgehead atoms. The first kappa shape index (κ1) is 14.3. The van der Waals surface area contributed by atoms with Crippen molar-refractivity contribution in [3.05, 3.63) is 0 Å². The molecule has 0 saturated heterocycles. The Morgan fingerprint density at radius 1 is 1.17 bits per heavy atom. The summed E-state index contributed by atoms with van der Waals surface area (Å²) in [4.78, 5) is 0. The van der Waals surface area contributed by atoms with Crippen LogP contribution in [-0.4, -0.2) is 25.3 Å². The van der Waals surface area contributed by atoms with Crippen LogP contribution in [0.25, 0.3) is 0 Å². The molecule has 0 heterocycles. The van der Waals surface area contributed by atoms with Crippen molar-refractivity contribution < 1.29 is 25.9 Å². The van der Waals surface area contributed by atoms with E-state index in [1.165, 1.54) is 20.8 Å². The normalized spacial score (nSPS) is 11.6. The lowest BCUT2D eigenvalue weighted by atomic mass is 10.3. The Bertz CT molecular complexity index is 205. The Morgan fingerprint density at radius 3 is 1.25 bits per heavy atom. The van der Waals surface area contributed by atoms with Gasteiger partial charge in [0.1, 0.15) is 0 Å². The van der Waals surface area contributed by atoms with Crippen molar-refractivity contribution in [2.45, 2.75) is 25.5 Å². The molecule has 0 fully saturated rings. The maximum atomic E-state index is 10.2. The van der Waals surface area contributed by atoms with E-state index in [0.717, 1.165) is 0 Å². The Balaban J connectivity index is 0. The molecule has 0 aromatic carbocycles. The molecule has 12 heavy (non-hydrogen) atoms. The van der Waals surface area contributed by atoms with Gasteiger partial charge in [0.25, 0.3) is 10.1 Å². The molecule has 0 spiro atoms. The fraction of sp³-hybridized carbons (Fsp3) is 1.00. The van der Waals surface area contributed by atoms with Crippen LogP contribution in [-0.2, 0) is 10.1 Å². The molecule has 3 nitrogen and oxygen atoms in total. The molecular formula is C4H10BF3O3S. The van der Waals surface area contributed by atoms with Gasteiger partial charge < -0.3 is 0 Å². The lowest BCUT2D eigenvalue weighted by Gasteiger charge is -2.12. The van der Waals surface area contributed by atoms with Gasteiger partial charge in [0.15, 0.2) is 0 Å². The SMILES string of the molecule is CC(C)(C)S(=O)(=O)O.FB(F)F. The molecule has 0 aromatic rings. The van der Waals surface area contributed by atoms with E-state index in [4.69, 9.17) is 4.55 Å². The van der Waals surface area contributed by atoms with Crippen molar-refractivity contribution in [1.82, 2.24) is 0 Å². The minimum Gasteiger partial charge on any atom is -0.285 e. The van der Waals surface area contributed by atoms with Crippen LogP contribution in [0.3, 0.4) is 0 Å². The zero-order valence-corrected chi connectivity index (χ0v) is 7.70. The Labute approximate surface area is 69.9 Å². The van der Waals surface area contributed by atoms with Crippen LogP contribution in [0.5, 0.6) is 0 Å². The van der Waals surface area contributed by atoms with Gasteiger partial charge in [-0.25, -0.2) is 0 Å². The lowest BCUT2D eigenvalue weighted by Crippen LogP contribution is -2.26. The third-order valence-corrected chi connectivity index (χ3v) is 2.32. The maximum Gasteiger partial charge on any atom is 0.762 e. The average molecular weight is 206 g/mol. The van der Waals surface area contributed by atoms with Crippen LogP contribution in [0.2, 0.25) is 0 Å². The van der Waals surface area contributed by atoms with Crippen LogP contribution in [0.15, 0.2) is 0 Å². The molecule has 0 aliphatic rings. The number of halogens is 3. The Kier molecular flexibility index (Phi) is 5.61. The third-order valence-electron chi connectivity index (χ3n) is 0.774. The summed E-state index contributed by atoms with van der Waals surface area (Å²) in [6, 6.07) is 0. The Hall–Kier alpha value is -0.235. The predicted molar refractivity (Wildman–Crippen MR) is 40.4 cm³/mol. The smallest absolute Gasteiger partial charge is 0.285 e. The number of hydrogen-bond donors (Lipinski definition) is 1. The second-order valence-electron chi connectivity index (χ2n) is 2.83. The van der Waals surface area contributed by atoms with Gasteiger partial charge in [-0.05, 0) is 20.8 Å². The summed E-state index contributed by atoms with van der Waals surface area (Å²) in [6.45, 7) is 4.30. The van der Waals surface area contributed by atoms with Gasteiger partial charge in [0.2, 0.25) is 0 Å². The van der Waals surface area contributed by atoms with E-state index in [-0.39, 0.29) is 0 Å². The zero-order valence-electron chi connectivity index (χ0n) is 6.88. The van der Waals surface area contributed by atoms with Gasteiger partial charge in [-0.1, -0.05) is 0 Å². The van der Waals surface area contributed by atoms with E-state index in [1.807, 2.05) is 0 Å². The molecule has 0 atom stereocenters. The molecule has 0 radical (unpaired) electrons. The molecule has 0 amide bonds. The molecular weight excluding hydrogens is 196 g/mol. The van der Waals surface area contributed by atoms with Crippen LogP contribution in [0, 0.1) is 0 Å². The van der Waals surface area contributed by atoms with Crippen LogP contribution in [0.1, 0.15) is 20.8 Å². The van der Waals surface area contributed by atoms with Gasteiger partial charge in [-0.2, -0.15) is 8.42 Å². The predicted octanol–water partition coefficient (Wildman–Crippen LogP) is 1.55. The van der Waals surface area contributed by atoms with Crippen LogP contribution >= 0.6 is 0 Å². The van der Waals surface area contributed by atoms with E-state index < -0.39 is 22.4 Å². The highest BCUT2D eigenvalue weighted by molar-refractivity contribution is 7.87. The molecule has 74 valence electrons. The molecule has 0 saturated carbocycles. The lowest BCUT2D eigenvalue weighted by molar-refractivity contribution is 0.450. The van der Waals surface area contributed by atoms with E-state index in [1.54, 1.807) is 0 Å². The summed E-state index contributed by atoms with van der Waals surface area (Å²) in [5.41, 5.74) is 0. The molecule has 0 unspecified atom stereocenters. The second kappa shape index (κ2) is 4.71. The van der Waals surface area contributed by atoms with E-state index in [9.17, 15) is 21.4 Å². The minimum atomic E-state index is -3.84. The maximum absolute atomic E-state index is 10.2. The first-order chi connectivity index (χ1) is 4.98. The van der Waals surface area contributed by atoms with Crippen molar-refractivity contribution in [3.8, 4) is 0 Å². The van der Waals surface area contributed by atoms with Gasteiger partial charge in [-0.3, -0.25) is 17.5 Å². The minimum absolute atomic E-state index is 1.03.